The Balaban J connectivity index is 1.19. The summed E-state index contributed by atoms with van der Waals surface area (Å²) < 4.78 is 0. The second-order valence-electron chi connectivity index (χ2n) is 16.8. The van der Waals surface area contributed by atoms with Gasteiger partial charge in [-0.2, -0.15) is 0 Å². The fourth-order valence-electron chi connectivity index (χ4n) is 12.2. The second kappa shape index (κ2) is 9.80. The monoisotopic (exact) mass is 699 g/mol. The number of hydrogen-bond donors (Lipinski definition) is 0. The molecule has 1 spiro atoms. The fourth-order valence-corrected chi connectivity index (χ4v) is 12.2. The zero-order chi connectivity index (χ0) is 36.4. The Labute approximate surface area is 322 Å². The fraction of sp³-hybridized carbons (Fsp3) is 0.111. The molecule has 0 saturated carbocycles. The van der Waals surface area contributed by atoms with Gasteiger partial charge in [0.2, 0.25) is 0 Å². The minimum atomic E-state index is -0.411. The van der Waals surface area contributed by atoms with Crippen LogP contribution in [0.2, 0.25) is 0 Å². The quantitative estimate of drug-likeness (QED) is 0.165. The molecule has 5 aliphatic rings. The average Bonchev–Trinajstić information content (AvgIpc) is 3.88. The Bertz CT molecular complexity index is 3000. The Morgan fingerprint density at radius 1 is 0.327 bits per heavy atom. The first kappa shape index (κ1) is 29.9. The van der Waals surface area contributed by atoms with E-state index in [0.29, 0.717) is 0 Å². The van der Waals surface area contributed by atoms with Crippen LogP contribution in [0.1, 0.15) is 70.8 Å². The van der Waals surface area contributed by atoms with Crippen LogP contribution < -0.4 is 4.90 Å². The van der Waals surface area contributed by atoms with Gasteiger partial charge in [0, 0.05) is 16.4 Å². The Morgan fingerprint density at radius 3 is 1.45 bits per heavy atom. The van der Waals surface area contributed by atoms with E-state index in [4.69, 9.17) is 0 Å². The van der Waals surface area contributed by atoms with E-state index < -0.39 is 5.41 Å². The molecule has 1 aliphatic heterocycles. The number of anilines is 3. The number of hydrogen-bond acceptors (Lipinski definition) is 1. The average molecular weight is 700 g/mol. The van der Waals surface area contributed by atoms with Crippen LogP contribution in [0.15, 0.2) is 170 Å². The normalized spacial score (nSPS) is 18.4. The number of nitrogens with zero attached hydrogens (tertiary/aromatic N) is 1. The highest BCUT2D eigenvalue weighted by molar-refractivity contribution is 6.06. The van der Waals surface area contributed by atoms with Crippen molar-refractivity contribution in [1.82, 2.24) is 0 Å². The molecule has 8 aromatic carbocycles. The number of benzene rings is 8. The standard InChI is InChI=1S/C54H37N/c1-52(2)39-22-9-4-18-34(39)37-30-31-45-51(50(37)52)55(47-29-14-21-36-35-19-5-10-23-40(35)53(45,3)49(36)47)46-28-15-27-44-48(46)38-20-8-13-26-43(38)54(44)41-24-11-6-16-32(41)33-17-7-12-25-42(33)54/h4-31H,1-3H3. The molecule has 0 aromatic heterocycles. The minimum Gasteiger partial charge on any atom is -0.309 e. The molecule has 13 rings (SSSR count). The zero-order valence-corrected chi connectivity index (χ0v) is 31.1. The van der Waals surface area contributed by atoms with Crippen LogP contribution in [-0.4, -0.2) is 0 Å². The first-order chi connectivity index (χ1) is 27.0. The van der Waals surface area contributed by atoms with E-state index in [1.807, 2.05) is 0 Å². The van der Waals surface area contributed by atoms with Gasteiger partial charge >= 0.3 is 0 Å². The number of rotatable bonds is 1. The lowest BCUT2D eigenvalue weighted by Crippen LogP contribution is -2.34. The summed E-state index contributed by atoms with van der Waals surface area (Å²) in [7, 11) is 0. The summed E-state index contributed by atoms with van der Waals surface area (Å²) in [6.07, 6.45) is 0. The van der Waals surface area contributed by atoms with Crippen molar-refractivity contribution in [2.75, 3.05) is 4.90 Å². The van der Waals surface area contributed by atoms with Gasteiger partial charge in [-0.3, -0.25) is 0 Å². The summed E-state index contributed by atoms with van der Waals surface area (Å²) in [5.74, 6) is 0. The third-order valence-corrected chi connectivity index (χ3v) is 14.2. The van der Waals surface area contributed by atoms with Crippen molar-refractivity contribution in [3.63, 3.8) is 0 Å². The minimum absolute atomic E-state index is 0.209. The molecule has 0 bridgehead atoms. The largest absolute Gasteiger partial charge is 0.309 e. The third-order valence-electron chi connectivity index (χ3n) is 14.2. The van der Waals surface area contributed by atoms with Crippen LogP contribution in [0, 0.1) is 0 Å². The molecule has 1 atom stereocenters. The maximum atomic E-state index is 2.70. The summed E-state index contributed by atoms with van der Waals surface area (Å²) in [5, 5.41) is 0. The van der Waals surface area contributed by atoms with Gasteiger partial charge in [-0.05, 0) is 108 Å². The Hall–Kier alpha value is -6.44. The second-order valence-corrected chi connectivity index (χ2v) is 16.8. The van der Waals surface area contributed by atoms with E-state index >= 15 is 0 Å². The molecular formula is C54H37N. The van der Waals surface area contributed by atoms with Crippen molar-refractivity contribution in [3.8, 4) is 44.5 Å². The zero-order valence-electron chi connectivity index (χ0n) is 31.1. The predicted octanol–water partition coefficient (Wildman–Crippen LogP) is 13.5. The van der Waals surface area contributed by atoms with E-state index in [1.165, 1.54) is 112 Å². The van der Waals surface area contributed by atoms with E-state index in [0.717, 1.165) is 0 Å². The lowest BCUT2D eigenvalue weighted by atomic mass is 9.67. The molecule has 4 aliphatic carbocycles. The maximum Gasteiger partial charge on any atom is 0.0726 e. The molecule has 0 amide bonds. The van der Waals surface area contributed by atoms with Crippen molar-refractivity contribution in [3.05, 3.63) is 220 Å². The first-order valence-corrected chi connectivity index (χ1v) is 19.7. The SMILES string of the molecule is CC1(C)c2ccccc2-c2ccc3c(c21)N(c1cccc2c1-c1ccccc1C21c2ccccc2-c2ccccc21)c1cccc2c1C3(C)c1ccccc1-2. The molecule has 0 fully saturated rings. The molecule has 1 unspecified atom stereocenters. The molecule has 0 saturated heterocycles. The number of fused-ring (bicyclic) bond motifs is 19. The topological polar surface area (TPSA) is 3.24 Å². The highest BCUT2D eigenvalue weighted by Crippen LogP contribution is 2.69. The summed E-state index contributed by atoms with van der Waals surface area (Å²) in [4.78, 5) is 2.70. The highest BCUT2D eigenvalue weighted by Gasteiger charge is 2.55. The van der Waals surface area contributed by atoms with Crippen LogP contribution in [0.3, 0.4) is 0 Å². The first-order valence-electron chi connectivity index (χ1n) is 19.7. The van der Waals surface area contributed by atoms with Gasteiger partial charge in [0.1, 0.15) is 0 Å². The summed E-state index contributed by atoms with van der Waals surface area (Å²) in [6, 6.07) is 64.9. The van der Waals surface area contributed by atoms with Crippen molar-refractivity contribution >= 4 is 17.1 Å². The molecule has 0 radical (unpaired) electrons. The van der Waals surface area contributed by atoms with E-state index in [-0.39, 0.29) is 10.8 Å². The van der Waals surface area contributed by atoms with E-state index in [9.17, 15) is 0 Å². The van der Waals surface area contributed by atoms with Crippen LogP contribution in [-0.2, 0) is 16.2 Å². The van der Waals surface area contributed by atoms with Gasteiger partial charge in [-0.1, -0.05) is 172 Å². The molecule has 258 valence electrons. The van der Waals surface area contributed by atoms with E-state index in [1.54, 1.807) is 0 Å². The van der Waals surface area contributed by atoms with Gasteiger partial charge in [-0.15, -0.1) is 0 Å². The van der Waals surface area contributed by atoms with Crippen molar-refractivity contribution in [1.29, 1.82) is 0 Å². The Kier molecular flexibility index (Phi) is 5.34. The van der Waals surface area contributed by atoms with Crippen molar-refractivity contribution in [2.24, 2.45) is 0 Å². The predicted molar refractivity (Wildman–Crippen MR) is 226 cm³/mol. The van der Waals surface area contributed by atoms with Crippen LogP contribution in [0.4, 0.5) is 17.1 Å². The highest BCUT2D eigenvalue weighted by atomic mass is 15.2. The van der Waals surface area contributed by atoms with Crippen LogP contribution in [0.25, 0.3) is 44.5 Å². The Morgan fingerprint density at radius 2 is 0.782 bits per heavy atom. The van der Waals surface area contributed by atoms with Crippen molar-refractivity contribution in [2.45, 2.75) is 37.0 Å². The summed E-state index contributed by atoms with van der Waals surface area (Å²) in [6.45, 7) is 7.38. The summed E-state index contributed by atoms with van der Waals surface area (Å²) in [5.41, 5.74) is 26.1. The van der Waals surface area contributed by atoms with Crippen molar-refractivity contribution < 1.29 is 0 Å². The van der Waals surface area contributed by atoms with Gasteiger partial charge in [0.15, 0.2) is 0 Å². The molecular weight excluding hydrogens is 663 g/mol. The molecule has 55 heavy (non-hydrogen) atoms. The maximum absolute atomic E-state index is 2.70. The smallest absolute Gasteiger partial charge is 0.0726 e. The van der Waals surface area contributed by atoms with Gasteiger partial charge < -0.3 is 4.90 Å². The van der Waals surface area contributed by atoms with E-state index in [2.05, 4.69) is 196 Å². The third kappa shape index (κ3) is 3.20. The molecule has 1 heterocycles. The molecule has 1 nitrogen and oxygen atoms in total. The van der Waals surface area contributed by atoms with Gasteiger partial charge in [0.25, 0.3) is 0 Å². The lowest BCUT2D eigenvalue weighted by Gasteiger charge is -2.45. The lowest BCUT2D eigenvalue weighted by molar-refractivity contribution is 0.647. The van der Waals surface area contributed by atoms with Gasteiger partial charge in [0.05, 0.1) is 22.5 Å². The molecule has 1 heteroatoms. The summed E-state index contributed by atoms with van der Waals surface area (Å²) >= 11 is 0. The molecule has 0 N–H and O–H groups in total. The molecule has 8 aromatic rings. The van der Waals surface area contributed by atoms with Crippen LogP contribution in [0.5, 0.6) is 0 Å². The van der Waals surface area contributed by atoms with Gasteiger partial charge in [-0.25, -0.2) is 0 Å². The van der Waals surface area contributed by atoms with Crippen LogP contribution >= 0.6 is 0 Å².